The molecule has 0 aliphatic carbocycles. The van der Waals surface area contributed by atoms with Crippen molar-refractivity contribution in [2.24, 2.45) is 5.10 Å². The first kappa shape index (κ1) is 24.8. The van der Waals surface area contributed by atoms with Crippen molar-refractivity contribution in [3.05, 3.63) is 82.6 Å². The highest BCUT2D eigenvalue weighted by molar-refractivity contribution is 7.99. The zero-order valence-electron chi connectivity index (χ0n) is 19.7. The summed E-state index contributed by atoms with van der Waals surface area (Å²) in [6, 6.07) is 19.1. The van der Waals surface area contributed by atoms with Gasteiger partial charge >= 0.3 is 0 Å². The van der Waals surface area contributed by atoms with E-state index in [0.29, 0.717) is 45.4 Å². The number of benzene rings is 3. The van der Waals surface area contributed by atoms with Gasteiger partial charge in [0.2, 0.25) is 0 Å². The number of hydrogen-bond donors (Lipinski definition) is 2. The lowest BCUT2D eigenvalue weighted by Gasteiger charge is -2.13. The number of ether oxygens (including phenoxy) is 2. The molecule has 0 aliphatic heterocycles. The van der Waals surface area contributed by atoms with Gasteiger partial charge in [-0.25, -0.2) is 10.4 Å². The third kappa shape index (κ3) is 5.49. The molecule has 1 aromatic heterocycles. The Morgan fingerprint density at radius 2 is 1.92 bits per heavy atom. The highest BCUT2D eigenvalue weighted by atomic mass is 32.2. The van der Waals surface area contributed by atoms with Crippen molar-refractivity contribution in [2.75, 3.05) is 19.5 Å². The van der Waals surface area contributed by atoms with Crippen molar-refractivity contribution in [3.63, 3.8) is 0 Å². The maximum Gasteiger partial charge on any atom is 0.266 e. The van der Waals surface area contributed by atoms with Gasteiger partial charge in [0.05, 0.1) is 42.3 Å². The first-order chi connectivity index (χ1) is 17.5. The van der Waals surface area contributed by atoms with Gasteiger partial charge in [0.15, 0.2) is 16.7 Å². The number of nitrogens with zero attached hydrogens (tertiary/aromatic N) is 3. The number of thioether (sulfide) groups is 1. The van der Waals surface area contributed by atoms with Crippen molar-refractivity contribution in [3.8, 4) is 22.9 Å². The van der Waals surface area contributed by atoms with Gasteiger partial charge in [-0.2, -0.15) is 5.10 Å². The van der Waals surface area contributed by atoms with E-state index in [1.54, 1.807) is 66.7 Å². The van der Waals surface area contributed by atoms with Crippen LogP contribution in [0.15, 0.2) is 81.8 Å². The average molecular weight is 505 g/mol. The maximum absolute atomic E-state index is 13.3. The Hall–Kier alpha value is -4.31. The van der Waals surface area contributed by atoms with Crippen molar-refractivity contribution in [1.82, 2.24) is 15.0 Å². The summed E-state index contributed by atoms with van der Waals surface area (Å²) in [5, 5.41) is 14.9. The van der Waals surface area contributed by atoms with Crippen LogP contribution in [-0.2, 0) is 4.79 Å². The number of carbonyl (C=O) groups is 1. The number of rotatable bonds is 9. The topological polar surface area (TPSA) is 115 Å². The monoisotopic (exact) mass is 504 g/mol. The number of aromatic nitrogens is 2. The molecule has 3 aromatic carbocycles. The number of carbonyl (C=O) groups excluding carboxylic acids is 1. The average Bonchev–Trinajstić information content (AvgIpc) is 2.89. The number of fused-ring (bicyclic) bond motifs is 1. The summed E-state index contributed by atoms with van der Waals surface area (Å²) in [6.07, 6.45) is 1.32. The number of phenolic OH excluding ortho intramolecular Hbond substituents is 1. The summed E-state index contributed by atoms with van der Waals surface area (Å²) in [6.45, 7) is 2.43. The van der Waals surface area contributed by atoms with Gasteiger partial charge in [-0.15, -0.1) is 0 Å². The van der Waals surface area contributed by atoms with E-state index in [4.69, 9.17) is 9.47 Å². The van der Waals surface area contributed by atoms with E-state index in [1.807, 2.05) is 6.92 Å². The van der Waals surface area contributed by atoms with Crippen LogP contribution in [0.4, 0.5) is 0 Å². The van der Waals surface area contributed by atoms with Crippen LogP contribution in [-0.4, -0.2) is 46.2 Å². The molecule has 0 spiro atoms. The lowest BCUT2D eigenvalue weighted by atomic mass is 10.2. The molecule has 36 heavy (non-hydrogen) atoms. The largest absolute Gasteiger partial charge is 0.504 e. The summed E-state index contributed by atoms with van der Waals surface area (Å²) in [5.74, 6) is 0.474. The van der Waals surface area contributed by atoms with Crippen molar-refractivity contribution >= 4 is 34.8 Å². The fraction of sp³-hybridized carbons (Fsp3) is 0.154. The summed E-state index contributed by atoms with van der Waals surface area (Å²) in [5.41, 5.74) is 3.73. The molecule has 0 bridgehead atoms. The van der Waals surface area contributed by atoms with E-state index in [-0.39, 0.29) is 17.1 Å². The van der Waals surface area contributed by atoms with Crippen LogP contribution in [0, 0.1) is 0 Å². The van der Waals surface area contributed by atoms with Crippen molar-refractivity contribution < 1.29 is 19.4 Å². The van der Waals surface area contributed by atoms with Crippen LogP contribution >= 0.6 is 11.8 Å². The van der Waals surface area contributed by atoms with Crippen LogP contribution < -0.4 is 20.5 Å². The Morgan fingerprint density at radius 3 is 2.67 bits per heavy atom. The first-order valence-electron chi connectivity index (χ1n) is 11.1. The highest BCUT2D eigenvalue weighted by Gasteiger charge is 2.15. The maximum atomic E-state index is 13.3. The van der Waals surface area contributed by atoms with Gasteiger partial charge in [-0.05, 0) is 55.5 Å². The molecule has 0 saturated carbocycles. The van der Waals surface area contributed by atoms with Crippen LogP contribution in [0.3, 0.4) is 0 Å². The predicted octanol–water partition coefficient (Wildman–Crippen LogP) is 3.74. The van der Waals surface area contributed by atoms with Gasteiger partial charge in [0, 0.05) is 5.56 Å². The fourth-order valence-corrected chi connectivity index (χ4v) is 4.24. The Bertz CT molecular complexity index is 1470. The number of methoxy groups -OCH3 is 1. The smallest absolute Gasteiger partial charge is 0.266 e. The van der Waals surface area contributed by atoms with Crippen LogP contribution in [0.25, 0.3) is 16.6 Å². The van der Waals surface area contributed by atoms with E-state index in [9.17, 15) is 14.7 Å². The summed E-state index contributed by atoms with van der Waals surface area (Å²) in [7, 11) is 1.45. The Morgan fingerprint density at radius 1 is 1.14 bits per heavy atom. The number of para-hydroxylation sites is 2. The number of nitrogens with one attached hydrogen (secondary N) is 1. The highest BCUT2D eigenvalue weighted by Crippen LogP contribution is 2.28. The molecular formula is C26H24N4O5S. The standard InChI is InChI=1S/C26H24N4O5S/c1-3-35-19-13-11-18(12-14-19)30-25(33)20-8-4-5-9-21(20)28-26(30)36-16-23(31)29-27-15-17-7-6-10-22(34-2)24(17)32/h4-15,32H,3,16H2,1-2H3,(H,29,31)/b27-15+. The molecule has 0 atom stereocenters. The van der Waals surface area contributed by atoms with Gasteiger partial charge in [-0.1, -0.05) is 30.0 Å². The SMILES string of the molecule is CCOc1ccc(-n2c(SCC(=O)N/N=C/c3cccc(OC)c3O)nc3ccccc3c2=O)cc1. The third-order valence-corrected chi connectivity index (χ3v) is 6.06. The van der Waals surface area contributed by atoms with Crippen molar-refractivity contribution in [2.45, 2.75) is 12.1 Å². The quantitative estimate of drug-likeness (QED) is 0.154. The second kappa shape index (κ2) is 11.4. The van der Waals surface area contributed by atoms with Crippen LogP contribution in [0.5, 0.6) is 17.2 Å². The van der Waals surface area contributed by atoms with E-state index in [2.05, 4.69) is 15.5 Å². The molecule has 4 aromatic rings. The van der Waals surface area contributed by atoms with E-state index >= 15 is 0 Å². The molecule has 0 aliphatic rings. The number of hydrazone groups is 1. The molecule has 4 rings (SSSR count). The lowest BCUT2D eigenvalue weighted by Crippen LogP contribution is -2.24. The number of aromatic hydroxyl groups is 1. The molecule has 9 nitrogen and oxygen atoms in total. The molecule has 10 heteroatoms. The van der Waals surface area contributed by atoms with Gasteiger partial charge < -0.3 is 14.6 Å². The first-order valence-corrected chi connectivity index (χ1v) is 12.1. The molecule has 0 saturated heterocycles. The second-order valence-electron chi connectivity index (χ2n) is 7.46. The fourth-order valence-electron chi connectivity index (χ4n) is 3.44. The summed E-state index contributed by atoms with van der Waals surface area (Å²) < 4.78 is 12.0. The van der Waals surface area contributed by atoms with E-state index < -0.39 is 5.91 Å². The zero-order valence-corrected chi connectivity index (χ0v) is 20.5. The molecule has 0 unspecified atom stereocenters. The van der Waals surface area contributed by atoms with Gasteiger partial charge in [0.1, 0.15) is 5.75 Å². The van der Waals surface area contributed by atoms with Gasteiger partial charge in [-0.3, -0.25) is 14.2 Å². The minimum atomic E-state index is -0.403. The Labute approximate surface area is 211 Å². The molecule has 184 valence electrons. The van der Waals surface area contributed by atoms with Crippen LogP contribution in [0.2, 0.25) is 0 Å². The minimum Gasteiger partial charge on any atom is -0.504 e. The number of hydrogen-bond acceptors (Lipinski definition) is 8. The summed E-state index contributed by atoms with van der Waals surface area (Å²) >= 11 is 1.11. The van der Waals surface area contributed by atoms with Gasteiger partial charge in [0.25, 0.3) is 11.5 Å². The third-order valence-electron chi connectivity index (χ3n) is 5.13. The van der Waals surface area contributed by atoms with Crippen molar-refractivity contribution in [1.29, 1.82) is 0 Å². The van der Waals surface area contributed by atoms with E-state index in [0.717, 1.165) is 11.8 Å². The van der Waals surface area contributed by atoms with E-state index in [1.165, 1.54) is 17.9 Å². The summed E-state index contributed by atoms with van der Waals surface area (Å²) in [4.78, 5) is 30.4. The normalized spacial score (nSPS) is 11.1. The Kier molecular flexibility index (Phi) is 7.86. The lowest BCUT2D eigenvalue weighted by molar-refractivity contribution is -0.118. The number of phenols is 1. The molecule has 0 radical (unpaired) electrons. The second-order valence-corrected chi connectivity index (χ2v) is 8.40. The molecule has 1 amide bonds. The number of amides is 1. The minimum absolute atomic E-state index is 0.0384. The Balaban J connectivity index is 1.55. The zero-order chi connectivity index (χ0) is 25.5. The molecular weight excluding hydrogens is 480 g/mol. The molecule has 2 N–H and O–H groups in total. The molecule has 1 heterocycles. The van der Waals surface area contributed by atoms with Crippen LogP contribution in [0.1, 0.15) is 12.5 Å². The predicted molar refractivity (Wildman–Crippen MR) is 140 cm³/mol. The molecule has 0 fully saturated rings.